The van der Waals surface area contributed by atoms with Crippen LogP contribution in [0, 0.1) is 5.92 Å². The highest BCUT2D eigenvalue weighted by Crippen LogP contribution is 2.15. The molecule has 1 heterocycles. The zero-order valence-electron chi connectivity index (χ0n) is 15.6. The molecule has 25 heavy (non-hydrogen) atoms. The third-order valence-corrected chi connectivity index (χ3v) is 4.71. The number of hydrogen-bond acceptors (Lipinski definition) is 3. The van der Waals surface area contributed by atoms with E-state index in [0.717, 1.165) is 30.7 Å². The van der Waals surface area contributed by atoms with E-state index in [1.54, 1.807) is 0 Å². The summed E-state index contributed by atoms with van der Waals surface area (Å²) in [6, 6.07) is 9.91. The Hall–Kier alpha value is -2.17. The van der Waals surface area contributed by atoms with Crippen molar-refractivity contribution >= 4 is 17.5 Å². The van der Waals surface area contributed by atoms with Gasteiger partial charge in [-0.05, 0) is 18.4 Å². The van der Waals surface area contributed by atoms with E-state index in [4.69, 9.17) is 0 Å². The molecule has 5 nitrogen and oxygen atoms in total. The summed E-state index contributed by atoms with van der Waals surface area (Å²) in [4.78, 5) is 26.6. The zero-order chi connectivity index (χ0) is 18.2. The Kier molecular flexibility index (Phi) is 7.16. The highest BCUT2D eigenvalue weighted by Gasteiger charge is 2.23. The summed E-state index contributed by atoms with van der Waals surface area (Å²) < 4.78 is 0. The van der Waals surface area contributed by atoms with Gasteiger partial charge in [-0.3, -0.25) is 9.59 Å². The van der Waals surface area contributed by atoms with Crippen LogP contribution < -0.4 is 0 Å². The maximum atomic E-state index is 12.4. The number of benzene rings is 1. The van der Waals surface area contributed by atoms with Crippen LogP contribution in [0.1, 0.15) is 52.0 Å². The number of hydrazone groups is 1. The van der Waals surface area contributed by atoms with Gasteiger partial charge in [0.2, 0.25) is 11.8 Å². The van der Waals surface area contributed by atoms with Crippen LogP contribution in [0.25, 0.3) is 0 Å². The summed E-state index contributed by atoms with van der Waals surface area (Å²) in [7, 11) is 0. The van der Waals surface area contributed by atoms with Gasteiger partial charge in [0.05, 0.1) is 12.3 Å². The van der Waals surface area contributed by atoms with E-state index in [2.05, 4.69) is 18.9 Å². The molecule has 0 N–H and O–H groups in total. The fraction of sp³-hybridized carbons (Fsp3) is 0.550. The first-order valence-corrected chi connectivity index (χ1v) is 9.26. The van der Waals surface area contributed by atoms with E-state index >= 15 is 0 Å². The number of carbonyl (C=O) groups is 2. The molecule has 136 valence electrons. The molecule has 0 saturated heterocycles. The first-order valence-electron chi connectivity index (χ1n) is 9.26. The van der Waals surface area contributed by atoms with Crippen molar-refractivity contribution in [3.63, 3.8) is 0 Å². The van der Waals surface area contributed by atoms with Crippen molar-refractivity contribution in [2.24, 2.45) is 11.0 Å². The fourth-order valence-corrected chi connectivity index (χ4v) is 2.88. The molecule has 1 atom stereocenters. The Bertz CT molecular complexity index is 613. The van der Waals surface area contributed by atoms with Crippen molar-refractivity contribution in [2.75, 3.05) is 19.6 Å². The SMILES string of the molecule is CCC(C)CN(CC)C(=O)CCC(=O)N1CCC(c2ccccc2)=N1. The van der Waals surface area contributed by atoms with Gasteiger partial charge in [0.25, 0.3) is 0 Å². The van der Waals surface area contributed by atoms with E-state index in [1.807, 2.05) is 42.2 Å². The molecule has 0 aromatic heterocycles. The van der Waals surface area contributed by atoms with Crippen molar-refractivity contribution in [1.29, 1.82) is 0 Å². The molecule has 1 aromatic carbocycles. The Balaban J connectivity index is 1.86. The maximum Gasteiger partial charge on any atom is 0.243 e. The number of carbonyl (C=O) groups excluding carboxylic acids is 2. The molecule has 0 fully saturated rings. The Morgan fingerprint density at radius 1 is 1.20 bits per heavy atom. The van der Waals surface area contributed by atoms with Crippen LogP contribution in [0.4, 0.5) is 0 Å². The molecular weight excluding hydrogens is 314 g/mol. The molecule has 0 aliphatic carbocycles. The van der Waals surface area contributed by atoms with Crippen LogP contribution in [0.2, 0.25) is 0 Å². The summed E-state index contributed by atoms with van der Waals surface area (Å²) in [6.45, 7) is 8.31. The Morgan fingerprint density at radius 3 is 2.56 bits per heavy atom. The van der Waals surface area contributed by atoms with Crippen molar-refractivity contribution < 1.29 is 9.59 Å². The average Bonchev–Trinajstić information content (AvgIpc) is 3.14. The zero-order valence-corrected chi connectivity index (χ0v) is 15.6. The molecule has 0 bridgehead atoms. The highest BCUT2D eigenvalue weighted by molar-refractivity contribution is 6.02. The van der Waals surface area contributed by atoms with Gasteiger partial charge in [-0.25, -0.2) is 5.01 Å². The van der Waals surface area contributed by atoms with E-state index in [9.17, 15) is 9.59 Å². The topological polar surface area (TPSA) is 53.0 Å². The lowest BCUT2D eigenvalue weighted by Gasteiger charge is -2.24. The van der Waals surface area contributed by atoms with Gasteiger partial charge >= 0.3 is 0 Å². The van der Waals surface area contributed by atoms with Crippen LogP contribution >= 0.6 is 0 Å². The molecule has 1 aliphatic rings. The summed E-state index contributed by atoms with van der Waals surface area (Å²) in [5.74, 6) is 0.470. The molecule has 5 heteroatoms. The van der Waals surface area contributed by atoms with E-state index in [1.165, 1.54) is 5.01 Å². The first-order chi connectivity index (χ1) is 12.0. The maximum absolute atomic E-state index is 12.4. The quantitative estimate of drug-likeness (QED) is 0.727. The summed E-state index contributed by atoms with van der Waals surface area (Å²) in [5.41, 5.74) is 1.99. The normalized spacial score (nSPS) is 15.0. The standard InChI is InChI=1S/C20H29N3O2/c1-4-16(3)15-22(5-2)19(24)11-12-20(25)23-14-13-18(21-23)17-9-7-6-8-10-17/h6-10,16H,4-5,11-15H2,1-3H3. The van der Waals surface area contributed by atoms with Crippen molar-refractivity contribution in [1.82, 2.24) is 9.91 Å². The van der Waals surface area contributed by atoms with Crippen LogP contribution in [0.3, 0.4) is 0 Å². The van der Waals surface area contributed by atoms with Crippen LogP contribution in [-0.2, 0) is 9.59 Å². The Morgan fingerprint density at radius 2 is 1.92 bits per heavy atom. The van der Waals surface area contributed by atoms with Gasteiger partial charge in [0.1, 0.15) is 0 Å². The monoisotopic (exact) mass is 343 g/mol. The third-order valence-electron chi connectivity index (χ3n) is 4.71. The molecule has 1 aliphatic heterocycles. The second-order valence-corrected chi connectivity index (χ2v) is 6.63. The number of hydrogen-bond donors (Lipinski definition) is 0. The minimum Gasteiger partial charge on any atom is -0.343 e. The minimum absolute atomic E-state index is 0.0580. The van der Waals surface area contributed by atoms with Gasteiger partial charge in [-0.15, -0.1) is 0 Å². The van der Waals surface area contributed by atoms with Crippen LogP contribution in [-0.4, -0.2) is 47.1 Å². The second kappa shape index (κ2) is 9.35. The summed E-state index contributed by atoms with van der Waals surface area (Å²) in [6.07, 6.45) is 2.30. The van der Waals surface area contributed by atoms with Crippen molar-refractivity contribution in [2.45, 2.75) is 46.5 Å². The fourth-order valence-electron chi connectivity index (χ4n) is 2.88. The van der Waals surface area contributed by atoms with E-state index in [-0.39, 0.29) is 24.7 Å². The largest absolute Gasteiger partial charge is 0.343 e. The molecule has 2 rings (SSSR count). The number of amides is 2. The summed E-state index contributed by atoms with van der Waals surface area (Å²) in [5, 5.41) is 5.95. The highest BCUT2D eigenvalue weighted by atomic mass is 16.2. The molecule has 1 aromatic rings. The van der Waals surface area contributed by atoms with E-state index < -0.39 is 0 Å². The third kappa shape index (κ3) is 5.41. The Labute approximate surface area is 150 Å². The van der Waals surface area contributed by atoms with Gasteiger partial charge in [-0.1, -0.05) is 50.6 Å². The van der Waals surface area contributed by atoms with Gasteiger partial charge in [-0.2, -0.15) is 5.10 Å². The van der Waals surface area contributed by atoms with Gasteiger partial charge < -0.3 is 4.90 Å². The number of nitrogens with zero attached hydrogens (tertiary/aromatic N) is 3. The molecule has 2 amide bonds. The van der Waals surface area contributed by atoms with Crippen molar-refractivity contribution in [3.8, 4) is 0 Å². The molecular formula is C20H29N3O2. The van der Waals surface area contributed by atoms with Gasteiger partial charge in [0, 0.05) is 32.4 Å². The first kappa shape index (κ1) is 19.2. The van der Waals surface area contributed by atoms with Crippen LogP contribution in [0.5, 0.6) is 0 Å². The molecule has 0 spiro atoms. The predicted molar refractivity (Wildman–Crippen MR) is 100 cm³/mol. The molecule has 0 radical (unpaired) electrons. The van der Waals surface area contributed by atoms with Gasteiger partial charge in [0.15, 0.2) is 0 Å². The second-order valence-electron chi connectivity index (χ2n) is 6.63. The van der Waals surface area contributed by atoms with Crippen molar-refractivity contribution in [3.05, 3.63) is 35.9 Å². The molecule has 0 saturated carbocycles. The van der Waals surface area contributed by atoms with E-state index in [0.29, 0.717) is 19.0 Å². The predicted octanol–water partition coefficient (Wildman–Crippen LogP) is 3.30. The summed E-state index contributed by atoms with van der Waals surface area (Å²) >= 11 is 0. The minimum atomic E-state index is -0.0705. The smallest absolute Gasteiger partial charge is 0.243 e. The lowest BCUT2D eigenvalue weighted by Crippen LogP contribution is -2.35. The average molecular weight is 343 g/mol. The molecule has 1 unspecified atom stereocenters. The lowest BCUT2D eigenvalue weighted by atomic mass is 10.1. The van der Waals surface area contributed by atoms with Crippen LogP contribution in [0.15, 0.2) is 35.4 Å². The number of rotatable bonds is 8. The lowest BCUT2D eigenvalue weighted by molar-refractivity contribution is -0.137.